The molecule has 1 atom stereocenters. The van der Waals surface area contributed by atoms with Crippen LogP contribution in [0.3, 0.4) is 0 Å². The quantitative estimate of drug-likeness (QED) is 0.627. The summed E-state index contributed by atoms with van der Waals surface area (Å²) in [5.41, 5.74) is 0. The van der Waals surface area contributed by atoms with Crippen molar-refractivity contribution in [2.75, 3.05) is 13.1 Å². The maximum atomic E-state index is 11.2. The highest BCUT2D eigenvalue weighted by molar-refractivity contribution is 5.87. The fourth-order valence-corrected chi connectivity index (χ4v) is 1.45. The zero-order valence-corrected chi connectivity index (χ0v) is 7.67. The molecule has 1 fully saturated rings. The Morgan fingerprint density at radius 3 is 2.75 bits per heavy atom. The predicted molar refractivity (Wildman–Crippen MR) is 45.7 cm³/mol. The van der Waals surface area contributed by atoms with Gasteiger partial charge in [-0.1, -0.05) is 13.8 Å². The fourth-order valence-electron chi connectivity index (χ4n) is 1.45. The number of carbonyl (C=O) groups excluding carboxylic acids is 2. The molecule has 1 unspecified atom stereocenters. The van der Waals surface area contributed by atoms with Crippen LogP contribution in [-0.2, 0) is 9.59 Å². The molecule has 0 radical (unpaired) electrons. The van der Waals surface area contributed by atoms with Crippen molar-refractivity contribution >= 4 is 11.7 Å². The molecule has 3 nitrogen and oxygen atoms in total. The van der Waals surface area contributed by atoms with E-state index in [2.05, 4.69) is 0 Å². The van der Waals surface area contributed by atoms with Gasteiger partial charge in [0.25, 0.3) is 0 Å². The monoisotopic (exact) mass is 169 g/mol. The van der Waals surface area contributed by atoms with Crippen LogP contribution in [0.25, 0.3) is 0 Å². The van der Waals surface area contributed by atoms with E-state index in [-0.39, 0.29) is 11.7 Å². The van der Waals surface area contributed by atoms with Crippen molar-refractivity contribution in [3.63, 3.8) is 0 Å². The van der Waals surface area contributed by atoms with Gasteiger partial charge in [0.15, 0.2) is 5.78 Å². The van der Waals surface area contributed by atoms with Gasteiger partial charge in [-0.25, -0.2) is 0 Å². The van der Waals surface area contributed by atoms with Gasteiger partial charge < -0.3 is 4.90 Å². The molecule has 1 rings (SSSR count). The highest BCUT2D eigenvalue weighted by Crippen LogP contribution is 2.16. The van der Waals surface area contributed by atoms with Crippen molar-refractivity contribution in [1.29, 1.82) is 0 Å². The van der Waals surface area contributed by atoms with Crippen molar-refractivity contribution in [3.8, 4) is 0 Å². The van der Waals surface area contributed by atoms with Gasteiger partial charge in [0, 0.05) is 19.4 Å². The maximum absolute atomic E-state index is 11.2. The van der Waals surface area contributed by atoms with Gasteiger partial charge in [-0.2, -0.15) is 0 Å². The van der Waals surface area contributed by atoms with Gasteiger partial charge >= 0.3 is 0 Å². The van der Waals surface area contributed by atoms with E-state index in [1.54, 1.807) is 4.90 Å². The number of Topliss-reactive ketones (excluding diaryl/α,β-unsaturated/α-hetero) is 1. The minimum absolute atomic E-state index is 0.129. The zero-order valence-electron chi connectivity index (χ0n) is 7.67. The van der Waals surface area contributed by atoms with E-state index in [1.807, 2.05) is 13.8 Å². The number of likely N-dealkylation sites (tertiary alicyclic amines) is 1. The topological polar surface area (TPSA) is 37.4 Å². The summed E-state index contributed by atoms with van der Waals surface area (Å²) in [7, 11) is 0. The van der Waals surface area contributed by atoms with Gasteiger partial charge in [-0.15, -0.1) is 0 Å². The van der Waals surface area contributed by atoms with Crippen molar-refractivity contribution in [2.24, 2.45) is 5.92 Å². The standard InChI is InChI=1S/C9H15NO2/c1-3-8(11)6-10-5-7(2)4-9(10)12/h7H,3-6H2,1-2H3. The maximum Gasteiger partial charge on any atom is 0.223 e. The first-order valence-corrected chi connectivity index (χ1v) is 4.43. The molecule has 0 aromatic heterocycles. The Hall–Kier alpha value is -0.860. The molecule has 0 aromatic rings. The number of hydrogen-bond acceptors (Lipinski definition) is 2. The Kier molecular flexibility index (Phi) is 2.84. The summed E-state index contributed by atoms with van der Waals surface area (Å²) >= 11 is 0. The lowest BCUT2D eigenvalue weighted by Gasteiger charge is -2.13. The minimum Gasteiger partial charge on any atom is -0.335 e. The van der Waals surface area contributed by atoms with Gasteiger partial charge in [0.05, 0.1) is 6.54 Å². The molecule has 1 heterocycles. The Balaban J connectivity index is 2.43. The smallest absolute Gasteiger partial charge is 0.223 e. The molecule has 0 saturated carbocycles. The molecule has 1 aliphatic rings. The number of amides is 1. The van der Waals surface area contributed by atoms with Crippen LogP contribution in [0.4, 0.5) is 0 Å². The fraction of sp³-hybridized carbons (Fsp3) is 0.778. The van der Waals surface area contributed by atoms with Crippen molar-refractivity contribution < 1.29 is 9.59 Å². The van der Waals surface area contributed by atoms with E-state index in [0.29, 0.717) is 25.3 Å². The Bertz CT molecular complexity index is 201. The third kappa shape index (κ3) is 2.06. The lowest BCUT2D eigenvalue weighted by molar-refractivity contribution is -0.132. The molecular formula is C9H15NO2. The van der Waals surface area contributed by atoms with Gasteiger partial charge in [-0.3, -0.25) is 9.59 Å². The van der Waals surface area contributed by atoms with Crippen LogP contribution < -0.4 is 0 Å². The number of carbonyl (C=O) groups is 2. The van der Waals surface area contributed by atoms with Crippen molar-refractivity contribution in [1.82, 2.24) is 4.90 Å². The molecule has 12 heavy (non-hydrogen) atoms. The molecule has 0 spiro atoms. The second kappa shape index (κ2) is 3.70. The SMILES string of the molecule is CCC(=O)CN1CC(C)CC1=O. The van der Waals surface area contributed by atoms with Crippen LogP contribution in [-0.4, -0.2) is 29.7 Å². The van der Waals surface area contributed by atoms with E-state index < -0.39 is 0 Å². The summed E-state index contributed by atoms with van der Waals surface area (Å²) in [6.07, 6.45) is 1.13. The van der Waals surface area contributed by atoms with Crippen LogP contribution in [0, 0.1) is 5.92 Å². The number of hydrogen-bond donors (Lipinski definition) is 0. The molecule has 3 heteroatoms. The molecule has 0 N–H and O–H groups in total. The summed E-state index contributed by atoms with van der Waals surface area (Å²) in [6.45, 7) is 4.94. The molecule has 1 aliphatic heterocycles. The first-order valence-electron chi connectivity index (χ1n) is 4.43. The number of ketones is 1. The Labute approximate surface area is 72.7 Å². The largest absolute Gasteiger partial charge is 0.335 e. The molecule has 1 saturated heterocycles. The minimum atomic E-state index is 0.129. The van der Waals surface area contributed by atoms with E-state index in [0.717, 1.165) is 6.54 Å². The third-order valence-corrected chi connectivity index (χ3v) is 2.17. The van der Waals surface area contributed by atoms with Crippen LogP contribution in [0.2, 0.25) is 0 Å². The van der Waals surface area contributed by atoms with Crippen molar-refractivity contribution in [3.05, 3.63) is 0 Å². The molecule has 1 amide bonds. The third-order valence-electron chi connectivity index (χ3n) is 2.17. The molecule has 0 aromatic carbocycles. The highest BCUT2D eigenvalue weighted by Gasteiger charge is 2.27. The Morgan fingerprint density at radius 2 is 2.33 bits per heavy atom. The first-order chi connectivity index (χ1) is 5.63. The van der Waals surface area contributed by atoms with E-state index in [1.165, 1.54) is 0 Å². The number of nitrogens with zero attached hydrogens (tertiary/aromatic N) is 1. The molecular weight excluding hydrogens is 154 g/mol. The summed E-state index contributed by atoms with van der Waals surface area (Å²) < 4.78 is 0. The predicted octanol–water partition coefficient (Wildman–Crippen LogP) is 0.834. The van der Waals surface area contributed by atoms with E-state index >= 15 is 0 Å². The summed E-state index contributed by atoms with van der Waals surface area (Å²) in [6, 6.07) is 0. The van der Waals surface area contributed by atoms with Crippen LogP contribution in [0.15, 0.2) is 0 Å². The summed E-state index contributed by atoms with van der Waals surface area (Å²) in [4.78, 5) is 23.9. The molecule has 0 bridgehead atoms. The summed E-state index contributed by atoms with van der Waals surface area (Å²) in [5.74, 6) is 0.698. The second-order valence-electron chi connectivity index (χ2n) is 3.48. The molecule has 68 valence electrons. The summed E-state index contributed by atoms with van der Waals surface area (Å²) in [5, 5.41) is 0. The normalized spacial score (nSPS) is 23.3. The van der Waals surface area contributed by atoms with Crippen molar-refractivity contribution in [2.45, 2.75) is 26.7 Å². The average Bonchev–Trinajstić information content (AvgIpc) is 2.30. The molecule has 0 aliphatic carbocycles. The van der Waals surface area contributed by atoms with Gasteiger partial charge in [-0.05, 0) is 5.92 Å². The lowest BCUT2D eigenvalue weighted by Crippen LogP contribution is -2.30. The zero-order chi connectivity index (χ0) is 9.14. The van der Waals surface area contributed by atoms with Crippen LogP contribution in [0.5, 0.6) is 0 Å². The first kappa shape index (κ1) is 9.23. The number of rotatable bonds is 3. The van der Waals surface area contributed by atoms with Gasteiger partial charge in [0.1, 0.15) is 0 Å². The second-order valence-corrected chi connectivity index (χ2v) is 3.48. The highest BCUT2D eigenvalue weighted by atomic mass is 16.2. The Morgan fingerprint density at radius 1 is 1.67 bits per heavy atom. The average molecular weight is 169 g/mol. The lowest BCUT2D eigenvalue weighted by atomic mass is 10.2. The van der Waals surface area contributed by atoms with E-state index in [4.69, 9.17) is 0 Å². The van der Waals surface area contributed by atoms with Gasteiger partial charge in [0.2, 0.25) is 5.91 Å². The van der Waals surface area contributed by atoms with Crippen LogP contribution >= 0.6 is 0 Å². The van der Waals surface area contributed by atoms with E-state index in [9.17, 15) is 9.59 Å². The van der Waals surface area contributed by atoms with Crippen LogP contribution in [0.1, 0.15) is 26.7 Å².